The van der Waals surface area contributed by atoms with E-state index in [0.717, 1.165) is 30.7 Å². The van der Waals surface area contributed by atoms with Gasteiger partial charge in [-0.05, 0) is 37.5 Å². The van der Waals surface area contributed by atoms with Crippen LogP contribution in [0.25, 0.3) is 16.7 Å². The minimum atomic E-state index is -0.207. The highest BCUT2D eigenvalue weighted by Gasteiger charge is 2.30. The number of fused-ring (bicyclic) bond motifs is 2. The molecule has 8 nitrogen and oxygen atoms in total. The number of ether oxygens (including phenoxy) is 1. The highest BCUT2D eigenvalue weighted by molar-refractivity contribution is 7.99. The van der Waals surface area contributed by atoms with E-state index in [9.17, 15) is 9.59 Å². The fourth-order valence-corrected chi connectivity index (χ4v) is 5.18. The summed E-state index contributed by atoms with van der Waals surface area (Å²) in [5.74, 6) is 0.589. The number of nitrogens with one attached hydrogen (secondary N) is 1. The zero-order valence-corrected chi connectivity index (χ0v) is 17.5. The molecular weight excluding hydrogens is 402 g/mol. The van der Waals surface area contributed by atoms with Gasteiger partial charge in [0.25, 0.3) is 5.56 Å². The van der Waals surface area contributed by atoms with Gasteiger partial charge >= 0.3 is 0 Å². The molecule has 0 spiro atoms. The second kappa shape index (κ2) is 7.88. The Kier molecular flexibility index (Phi) is 5.08. The topological polar surface area (TPSA) is 91.0 Å². The van der Waals surface area contributed by atoms with Crippen LogP contribution in [0.3, 0.4) is 0 Å². The third-order valence-corrected chi connectivity index (χ3v) is 6.69. The Labute approximate surface area is 177 Å². The van der Waals surface area contributed by atoms with Crippen LogP contribution in [0.4, 0.5) is 0 Å². The normalized spacial score (nSPS) is 20.6. The number of rotatable bonds is 5. The second-order valence-electron chi connectivity index (χ2n) is 7.81. The van der Waals surface area contributed by atoms with E-state index < -0.39 is 0 Å². The van der Waals surface area contributed by atoms with E-state index in [2.05, 4.69) is 10.4 Å². The SMILES string of the molecule is Cc1cccc(-n2ncc3c(=O)n4c(nc32)SC[C@@H]4CC(=O)NC[C@H]2CCCO2)c1. The summed E-state index contributed by atoms with van der Waals surface area (Å²) in [7, 11) is 0. The standard InChI is InChI=1S/C21H23N5O3S/c1-13-4-2-5-14(8-13)26-19-17(11-23-26)20(28)25-15(12-30-21(25)24-19)9-18(27)22-10-16-6-3-7-29-16/h2,4-5,8,11,15-16H,3,6-7,9-10,12H2,1H3,(H,22,27)/t15-,16+/m0/s1. The van der Waals surface area contributed by atoms with Crippen LogP contribution in [0, 0.1) is 6.92 Å². The number of benzene rings is 1. The molecule has 30 heavy (non-hydrogen) atoms. The van der Waals surface area contributed by atoms with Gasteiger partial charge in [-0.3, -0.25) is 14.2 Å². The van der Waals surface area contributed by atoms with E-state index in [1.165, 1.54) is 11.8 Å². The molecule has 2 aromatic heterocycles. The molecule has 1 N–H and O–H groups in total. The molecule has 3 aromatic rings. The molecule has 0 radical (unpaired) electrons. The Balaban J connectivity index is 1.40. The van der Waals surface area contributed by atoms with E-state index in [0.29, 0.717) is 28.5 Å². The third kappa shape index (κ3) is 3.52. The predicted molar refractivity (Wildman–Crippen MR) is 114 cm³/mol. The summed E-state index contributed by atoms with van der Waals surface area (Å²) in [6.45, 7) is 3.31. The van der Waals surface area contributed by atoms with Crippen molar-refractivity contribution in [1.29, 1.82) is 0 Å². The molecule has 0 saturated carbocycles. The molecule has 156 valence electrons. The Bertz CT molecular complexity index is 1170. The van der Waals surface area contributed by atoms with Crippen molar-refractivity contribution < 1.29 is 9.53 Å². The molecule has 1 saturated heterocycles. The van der Waals surface area contributed by atoms with E-state index >= 15 is 0 Å². The van der Waals surface area contributed by atoms with E-state index in [-0.39, 0.29) is 30.0 Å². The van der Waals surface area contributed by atoms with Crippen LogP contribution in [-0.4, -0.2) is 50.2 Å². The second-order valence-corrected chi connectivity index (χ2v) is 8.80. The number of aryl methyl sites for hydroxylation is 1. The first-order chi connectivity index (χ1) is 14.6. The minimum absolute atomic E-state index is 0.0635. The van der Waals surface area contributed by atoms with Crippen molar-refractivity contribution in [3.63, 3.8) is 0 Å². The average molecular weight is 426 g/mol. The number of amides is 1. The van der Waals surface area contributed by atoms with Crippen molar-refractivity contribution in [2.24, 2.45) is 0 Å². The van der Waals surface area contributed by atoms with Gasteiger partial charge in [0.2, 0.25) is 5.91 Å². The maximum absolute atomic E-state index is 13.2. The molecule has 4 heterocycles. The molecule has 2 aliphatic rings. The summed E-state index contributed by atoms with van der Waals surface area (Å²) in [5, 5.41) is 8.45. The van der Waals surface area contributed by atoms with Crippen LogP contribution < -0.4 is 10.9 Å². The van der Waals surface area contributed by atoms with Crippen LogP contribution in [0.1, 0.15) is 30.9 Å². The summed E-state index contributed by atoms with van der Waals surface area (Å²) in [5.41, 5.74) is 2.39. The quantitative estimate of drug-likeness (QED) is 0.631. The number of carbonyl (C=O) groups is 1. The highest BCUT2D eigenvalue weighted by Crippen LogP contribution is 2.33. The van der Waals surface area contributed by atoms with Gasteiger partial charge in [0.1, 0.15) is 5.39 Å². The minimum Gasteiger partial charge on any atom is -0.376 e. The van der Waals surface area contributed by atoms with Gasteiger partial charge < -0.3 is 10.1 Å². The molecule has 0 unspecified atom stereocenters. The molecule has 5 rings (SSSR count). The van der Waals surface area contributed by atoms with Crippen LogP contribution in [-0.2, 0) is 9.53 Å². The van der Waals surface area contributed by atoms with Crippen LogP contribution >= 0.6 is 11.8 Å². The van der Waals surface area contributed by atoms with Gasteiger partial charge in [0.15, 0.2) is 10.8 Å². The summed E-state index contributed by atoms with van der Waals surface area (Å²) in [6, 6.07) is 7.71. The van der Waals surface area contributed by atoms with Crippen molar-refractivity contribution in [3.8, 4) is 5.69 Å². The van der Waals surface area contributed by atoms with Crippen LogP contribution in [0.15, 0.2) is 40.4 Å². The number of thioether (sulfide) groups is 1. The van der Waals surface area contributed by atoms with E-state index in [4.69, 9.17) is 9.72 Å². The van der Waals surface area contributed by atoms with E-state index in [1.54, 1.807) is 15.4 Å². The summed E-state index contributed by atoms with van der Waals surface area (Å²) < 4.78 is 8.90. The lowest BCUT2D eigenvalue weighted by molar-refractivity contribution is -0.122. The zero-order chi connectivity index (χ0) is 20.7. The average Bonchev–Trinajstić information content (AvgIpc) is 3.47. The number of aromatic nitrogens is 4. The van der Waals surface area contributed by atoms with Crippen molar-refractivity contribution in [2.45, 2.75) is 43.5 Å². The highest BCUT2D eigenvalue weighted by atomic mass is 32.2. The molecule has 0 bridgehead atoms. The van der Waals surface area contributed by atoms with Crippen molar-refractivity contribution in [1.82, 2.24) is 24.6 Å². The fourth-order valence-electron chi connectivity index (χ4n) is 4.05. The van der Waals surface area contributed by atoms with Crippen LogP contribution in [0.5, 0.6) is 0 Å². The Hall–Kier alpha value is -2.65. The van der Waals surface area contributed by atoms with Crippen molar-refractivity contribution in [3.05, 3.63) is 46.4 Å². The maximum Gasteiger partial charge on any atom is 0.265 e. The maximum atomic E-state index is 13.2. The molecular formula is C21H23N5O3S. The first-order valence-electron chi connectivity index (χ1n) is 10.2. The fraction of sp³-hybridized carbons (Fsp3) is 0.429. The van der Waals surface area contributed by atoms with Crippen molar-refractivity contribution in [2.75, 3.05) is 18.9 Å². The first kappa shape index (κ1) is 19.3. The Morgan fingerprint density at radius 3 is 3.10 bits per heavy atom. The molecule has 1 amide bonds. The molecule has 0 aliphatic carbocycles. The van der Waals surface area contributed by atoms with Gasteiger partial charge in [-0.15, -0.1) is 0 Å². The number of carbonyl (C=O) groups excluding carboxylic acids is 1. The smallest absolute Gasteiger partial charge is 0.265 e. The van der Waals surface area contributed by atoms with E-state index in [1.807, 2.05) is 31.2 Å². The van der Waals surface area contributed by atoms with Crippen LogP contribution in [0.2, 0.25) is 0 Å². The van der Waals surface area contributed by atoms with Crippen molar-refractivity contribution >= 4 is 28.7 Å². The van der Waals surface area contributed by atoms with Gasteiger partial charge in [-0.2, -0.15) is 5.10 Å². The van der Waals surface area contributed by atoms with Gasteiger partial charge in [-0.25, -0.2) is 9.67 Å². The van der Waals surface area contributed by atoms with Gasteiger partial charge in [0, 0.05) is 25.3 Å². The number of nitrogens with zero attached hydrogens (tertiary/aromatic N) is 4. The zero-order valence-electron chi connectivity index (χ0n) is 16.7. The molecule has 9 heteroatoms. The lowest BCUT2D eigenvalue weighted by atomic mass is 10.2. The summed E-state index contributed by atoms with van der Waals surface area (Å²) in [6.07, 6.45) is 3.95. The van der Waals surface area contributed by atoms with Gasteiger partial charge in [0.05, 0.1) is 24.0 Å². The lowest BCUT2D eigenvalue weighted by Gasteiger charge is -2.15. The number of hydrogen-bond acceptors (Lipinski definition) is 6. The Morgan fingerprint density at radius 2 is 2.30 bits per heavy atom. The lowest BCUT2D eigenvalue weighted by Crippen LogP contribution is -2.34. The predicted octanol–water partition coefficient (Wildman–Crippen LogP) is 2.22. The monoisotopic (exact) mass is 425 g/mol. The third-order valence-electron chi connectivity index (χ3n) is 5.59. The number of hydrogen-bond donors (Lipinski definition) is 1. The Morgan fingerprint density at radius 1 is 1.40 bits per heavy atom. The molecule has 1 aromatic carbocycles. The molecule has 2 atom stereocenters. The summed E-state index contributed by atoms with van der Waals surface area (Å²) in [4.78, 5) is 30.4. The largest absolute Gasteiger partial charge is 0.376 e. The van der Waals surface area contributed by atoms with Gasteiger partial charge in [-0.1, -0.05) is 23.9 Å². The summed E-state index contributed by atoms with van der Waals surface area (Å²) >= 11 is 1.51. The first-order valence-corrected chi connectivity index (χ1v) is 11.2. The molecule has 1 fully saturated rings. The molecule has 2 aliphatic heterocycles.